The van der Waals surface area contributed by atoms with Crippen molar-refractivity contribution in [1.29, 1.82) is 0 Å². The molecule has 0 aromatic heterocycles. The van der Waals surface area contributed by atoms with E-state index < -0.39 is 17.6 Å². The minimum Gasteiger partial charge on any atom is -0.449 e. The summed E-state index contributed by atoms with van der Waals surface area (Å²) in [7, 11) is 0. The fourth-order valence-corrected chi connectivity index (χ4v) is 6.74. The van der Waals surface area contributed by atoms with Crippen molar-refractivity contribution >= 4 is 23.8 Å². The Morgan fingerprint density at radius 2 is 1.74 bits per heavy atom. The van der Waals surface area contributed by atoms with E-state index >= 15 is 0 Å². The molecule has 0 unspecified atom stereocenters. The molecule has 3 saturated carbocycles. The normalized spacial score (nSPS) is 29.2. The number of alkyl carbamates (subject to hydrolysis) is 1. The fourth-order valence-electron chi connectivity index (χ4n) is 6.74. The third-order valence-electron chi connectivity index (χ3n) is 8.98. The van der Waals surface area contributed by atoms with Crippen molar-refractivity contribution in [3.05, 3.63) is 0 Å². The highest BCUT2D eigenvalue weighted by Crippen LogP contribution is 2.56. The van der Waals surface area contributed by atoms with Gasteiger partial charge in [-0.3, -0.25) is 19.3 Å². The lowest BCUT2D eigenvalue weighted by atomic mass is 9.64. The monoisotopic (exact) mass is 473 g/mol. The summed E-state index contributed by atoms with van der Waals surface area (Å²) in [4.78, 5) is 56.2. The first-order valence-corrected chi connectivity index (χ1v) is 13.4. The van der Waals surface area contributed by atoms with E-state index in [9.17, 15) is 19.2 Å². The molecule has 3 aliphatic carbocycles. The molecule has 188 valence electrons. The number of amides is 4. The average Bonchev–Trinajstić information content (AvgIpc) is 3.51. The van der Waals surface area contributed by atoms with Crippen LogP contribution in [-0.4, -0.2) is 64.9 Å². The second-order valence-electron chi connectivity index (χ2n) is 11.6. The van der Waals surface area contributed by atoms with E-state index in [4.69, 9.17) is 4.74 Å². The van der Waals surface area contributed by atoms with Crippen LogP contribution in [0.4, 0.5) is 4.79 Å². The van der Waals surface area contributed by atoms with Crippen LogP contribution >= 0.6 is 0 Å². The van der Waals surface area contributed by atoms with Crippen molar-refractivity contribution in [1.82, 2.24) is 15.1 Å². The summed E-state index contributed by atoms with van der Waals surface area (Å²) in [5.41, 5.74) is -0.621. The van der Waals surface area contributed by atoms with Gasteiger partial charge in [-0.15, -0.1) is 0 Å². The Kier molecular flexibility index (Phi) is 6.36. The molecule has 0 aromatic carbocycles. The number of nitrogens with zero attached hydrogens (tertiary/aromatic N) is 2. The van der Waals surface area contributed by atoms with Crippen LogP contribution in [0.1, 0.15) is 84.5 Å². The SMILES string of the molecule is CC(C)[C@H](NC(=O)OCC1CCCCC1)C(=O)N1CC[C@H]2[C@H]1C1(CCC1)C(=O)N2C(=O)C1CC1. The minimum absolute atomic E-state index is 0.0198. The molecule has 4 amide bonds. The highest BCUT2D eigenvalue weighted by molar-refractivity contribution is 6.04. The number of hydrogen-bond acceptors (Lipinski definition) is 5. The van der Waals surface area contributed by atoms with E-state index in [2.05, 4.69) is 5.32 Å². The Hall–Kier alpha value is -2.12. The van der Waals surface area contributed by atoms with Crippen LogP contribution in [0.2, 0.25) is 0 Å². The van der Waals surface area contributed by atoms with Crippen LogP contribution in [-0.2, 0) is 19.1 Å². The van der Waals surface area contributed by atoms with Crippen molar-refractivity contribution in [2.75, 3.05) is 13.2 Å². The maximum Gasteiger partial charge on any atom is 0.407 e. The van der Waals surface area contributed by atoms with Crippen molar-refractivity contribution < 1.29 is 23.9 Å². The zero-order valence-corrected chi connectivity index (χ0v) is 20.6. The number of fused-ring (bicyclic) bond motifs is 2. The fraction of sp³-hybridized carbons (Fsp3) is 0.846. The van der Waals surface area contributed by atoms with Gasteiger partial charge in [0.2, 0.25) is 17.7 Å². The number of ether oxygens (including phenoxy) is 1. The number of carbonyl (C=O) groups excluding carboxylic acids is 4. The maximum absolute atomic E-state index is 13.8. The van der Waals surface area contributed by atoms with Crippen LogP contribution in [0, 0.1) is 23.2 Å². The van der Waals surface area contributed by atoms with Gasteiger partial charge in [-0.1, -0.05) is 39.5 Å². The van der Waals surface area contributed by atoms with Gasteiger partial charge in [-0.2, -0.15) is 0 Å². The molecule has 2 aliphatic heterocycles. The Balaban J connectivity index is 1.28. The highest BCUT2D eigenvalue weighted by atomic mass is 16.5. The van der Waals surface area contributed by atoms with Gasteiger partial charge in [-0.05, 0) is 56.8 Å². The summed E-state index contributed by atoms with van der Waals surface area (Å²) in [5, 5.41) is 2.83. The van der Waals surface area contributed by atoms with Crippen molar-refractivity contribution in [3.63, 3.8) is 0 Å². The number of likely N-dealkylation sites (tertiary alicyclic amines) is 2. The first-order valence-electron chi connectivity index (χ1n) is 13.4. The van der Waals surface area contributed by atoms with Gasteiger partial charge in [0, 0.05) is 12.5 Å². The van der Waals surface area contributed by atoms with Gasteiger partial charge in [0.1, 0.15) is 6.04 Å². The number of imide groups is 1. The van der Waals surface area contributed by atoms with Crippen molar-refractivity contribution in [3.8, 4) is 0 Å². The number of carbonyl (C=O) groups is 4. The van der Waals surface area contributed by atoms with Crippen LogP contribution in [0.5, 0.6) is 0 Å². The third kappa shape index (κ3) is 4.01. The number of rotatable bonds is 6. The Bertz CT molecular complexity index is 843. The molecule has 5 rings (SSSR count). The molecular formula is C26H39N3O5. The van der Waals surface area contributed by atoms with E-state index in [0.29, 0.717) is 25.5 Å². The molecule has 0 bridgehead atoms. The van der Waals surface area contributed by atoms with E-state index in [0.717, 1.165) is 44.9 Å². The molecular weight excluding hydrogens is 434 g/mol. The summed E-state index contributed by atoms with van der Waals surface area (Å²) in [5.74, 6) is 0.00920. The maximum atomic E-state index is 13.8. The lowest BCUT2D eigenvalue weighted by Gasteiger charge is -2.44. The average molecular weight is 474 g/mol. The molecule has 1 N–H and O–H groups in total. The first kappa shape index (κ1) is 23.6. The van der Waals surface area contributed by atoms with Crippen LogP contribution < -0.4 is 5.32 Å². The van der Waals surface area contributed by atoms with Gasteiger partial charge < -0.3 is 15.0 Å². The van der Waals surface area contributed by atoms with E-state index in [1.165, 1.54) is 24.2 Å². The van der Waals surface area contributed by atoms with Gasteiger partial charge >= 0.3 is 6.09 Å². The molecule has 3 atom stereocenters. The smallest absolute Gasteiger partial charge is 0.407 e. The van der Waals surface area contributed by atoms with Crippen molar-refractivity contribution in [2.24, 2.45) is 23.2 Å². The van der Waals surface area contributed by atoms with Crippen molar-refractivity contribution in [2.45, 2.75) is 103 Å². The summed E-state index contributed by atoms with van der Waals surface area (Å²) >= 11 is 0. The molecule has 1 spiro atoms. The van der Waals surface area contributed by atoms with Gasteiger partial charge in [0.15, 0.2) is 0 Å². The summed E-state index contributed by atoms with van der Waals surface area (Å²) in [6, 6.07) is -1.21. The topological polar surface area (TPSA) is 96.0 Å². The molecule has 0 aromatic rings. The molecule has 5 fully saturated rings. The third-order valence-corrected chi connectivity index (χ3v) is 8.98. The second kappa shape index (κ2) is 9.15. The van der Waals surface area contributed by atoms with Gasteiger partial charge in [-0.25, -0.2) is 4.79 Å². The minimum atomic E-state index is -0.710. The number of nitrogens with one attached hydrogen (secondary N) is 1. The predicted octanol–water partition coefficient (Wildman–Crippen LogP) is 3.24. The molecule has 5 aliphatic rings. The largest absolute Gasteiger partial charge is 0.449 e. The zero-order chi connectivity index (χ0) is 24.0. The molecule has 34 heavy (non-hydrogen) atoms. The Labute approximate surface area is 202 Å². The quantitative estimate of drug-likeness (QED) is 0.598. The van der Waals surface area contributed by atoms with Gasteiger partial charge in [0.25, 0.3) is 0 Å². The van der Waals surface area contributed by atoms with Crippen LogP contribution in [0.15, 0.2) is 0 Å². The standard InChI is InChI=1S/C26H39N3O5/c1-16(2)20(27-25(33)34-15-17-7-4-3-5-8-17)23(31)28-14-11-19-21(28)26(12-6-13-26)24(32)29(19)22(30)18-9-10-18/h16-21H,3-15H2,1-2H3,(H,27,33)/t19-,20-,21-/m0/s1. The summed E-state index contributed by atoms with van der Waals surface area (Å²) in [6.45, 7) is 4.74. The van der Waals surface area contributed by atoms with E-state index in [1.54, 1.807) is 0 Å². The van der Waals surface area contributed by atoms with Crippen LogP contribution in [0.3, 0.4) is 0 Å². The molecule has 8 nitrogen and oxygen atoms in total. The summed E-state index contributed by atoms with van der Waals surface area (Å²) < 4.78 is 5.51. The highest BCUT2D eigenvalue weighted by Gasteiger charge is 2.68. The van der Waals surface area contributed by atoms with Crippen LogP contribution in [0.25, 0.3) is 0 Å². The molecule has 0 radical (unpaired) electrons. The second-order valence-corrected chi connectivity index (χ2v) is 11.6. The Morgan fingerprint density at radius 1 is 1.03 bits per heavy atom. The van der Waals surface area contributed by atoms with Gasteiger partial charge in [0.05, 0.1) is 24.1 Å². The molecule has 8 heteroatoms. The zero-order valence-electron chi connectivity index (χ0n) is 20.6. The van der Waals surface area contributed by atoms with E-state index in [-0.39, 0.29) is 41.6 Å². The first-order chi connectivity index (χ1) is 16.3. The molecule has 2 heterocycles. The summed E-state index contributed by atoms with van der Waals surface area (Å²) in [6.07, 6.45) is 9.99. The lowest BCUT2D eigenvalue weighted by Crippen LogP contribution is -2.58. The lowest BCUT2D eigenvalue weighted by molar-refractivity contribution is -0.152. The molecule has 2 saturated heterocycles. The predicted molar refractivity (Wildman–Crippen MR) is 124 cm³/mol. The Morgan fingerprint density at radius 3 is 2.32 bits per heavy atom. The number of hydrogen-bond donors (Lipinski definition) is 1. The van der Waals surface area contributed by atoms with E-state index in [1.807, 2.05) is 18.7 Å².